The zero-order valence-electron chi connectivity index (χ0n) is 10.5. The molecule has 0 N–H and O–H groups in total. The molecular formula is C12H22O2Si. The maximum Gasteiger partial charge on any atom is 0.191 e. The van der Waals surface area contributed by atoms with E-state index in [4.69, 9.17) is 8.84 Å². The first-order valence-corrected chi connectivity index (χ1v) is 8.39. The van der Waals surface area contributed by atoms with E-state index in [-0.39, 0.29) is 0 Å². The van der Waals surface area contributed by atoms with Gasteiger partial charge in [-0.3, -0.25) is 0 Å². The highest BCUT2D eigenvalue weighted by Gasteiger charge is 2.36. The fraction of sp³-hybridized carbons (Fsp3) is 0.667. The highest BCUT2D eigenvalue weighted by Crippen LogP contribution is 2.36. The van der Waals surface area contributed by atoms with Crippen molar-refractivity contribution in [2.75, 3.05) is 6.61 Å². The number of furan rings is 1. The minimum absolute atomic E-state index is 0.295. The van der Waals surface area contributed by atoms with Gasteiger partial charge in [0.25, 0.3) is 0 Å². The standard InChI is InChI=1S/C12H22O2Si/c1-12(2,3)15(4,5)14-9-7-11-6-8-13-10-11/h6,8,10H,7,9H2,1-5H3. The average molecular weight is 226 g/mol. The SMILES string of the molecule is CC(C)(C)[Si](C)(C)OCCc1ccoc1. The molecule has 0 spiro atoms. The molecule has 15 heavy (non-hydrogen) atoms. The lowest BCUT2D eigenvalue weighted by Crippen LogP contribution is -2.41. The Balaban J connectivity index is 2.37. The van der Waals surface area contributed by atoms with Crippen LogP contribution in [0.25, 0.3) is 0 Å². The average Bonchev–Trinajstić information content (AvgIpc) is 2.54. The fourth-order valence-corrected chi connectivity index (χ4v) is 2.12. The number of hydrogen-bond acceptors (Lipinski definition) is 2. The normalized spacial score (nSPS) is 13.1. The molecule has 1 aromatic heterocycles. The highest BCUT2D eigenvalue weighted by molar-refractivity contribution is 6.74. The molecular weight excluding hydrogens is 204 g/mol. The Labute approximate surface area is 93.8 Å². The molecule has 0 aromatic carbocycles. The lowest BCUT2D eigenvalue weighted by molar-refractivity contribution is 0.291. The van der Waals surface area contributed by atoms with E-state index in [2.05, 4.69) is 33.9 Å². The fourth-order valence-electron chi connectivity index (χ4n) is 1.08. The van der Waals surface area contributed by atoms with Crippen molar-refractivity contribution in [3.8, 4) is 0 Å². The van der Waals surface area contributed by atoms with Gasteiger partial charge >= 0.3 is 0 Å². The van der Waals surface area contributed by atoms with E-state index in [0.29, 0.717) is 5.04 Å². The van der Waals surface area contributed by atoms with Crippen molar-refractivity contribution in [1.82, 2.24) is 0 Å². The van der Waals surface area contributed by atoms with Gasteiger partial charge in [0.1, 0.15) is 0 Å². The van der Waals surface area contributed by atoms with Crippen LogP contribution in [-0.4, -0.2) is 14.9 Å². The molecule has 0 unspecified atom stereocenters. The third-order valence-corrected chi connectivity index (χ3v) is 7.78. The molecule has 0 saturated carbocycles. The summed E-state index contributed by atoms with van der Waals surface area (Å²) < 4.78 is 11.1. The summed E-state index contributed by atoms with van der Waals surface area (Å²) in [5.41, 5.74) is 1.22. The van der Waals surface area contributed by atoms with E-state index in [1.165, 1.54) is 5.56 Å². The molecule has 0 bridgehead atoms. The predicted octanol–water partition coefficient (Wildman–Crippen LogP) is 3.84. The second-order valence-electron chi connectivity index (χ2n) is 5.49. The van der Waals surface area contributed by atoms with Crippen LogP contribution in [0.5, 0.6) is 0 Å². The van der Waals surface area contributed by atoms with Gasteiger partial charge in [-0.05, 0) is 36.2 Å². The van der Waals surface area contributed by atoms with Crippen molar-refractivity contribution in [1.29, 1.82) is 0 Å². The summed E-state index contributed by atoms with van der Waals surface area (Å²) in [4.78, 5) is 0. The smallest absolute Gasteiger partial charge is 0.191 e. The Hall–Kier alpha value is -0.543. The Morgan fingerprint density at radius 1 is 1.33 bits per heavy atom. The van der Waals surface area contributed by atoms with Gasteiger partial charge < -0.3 is 8.84 Å². The van der Waals surface area contributed by atoms with Gasteiger partial charge in [-0.1, -0.05) is 20.8 Å². The second kappa shape index (κ2) is 4.54. The van der Waals surface area contributed by atoms with Gasteiger partial charge in [-0.15, -0.1) is 0 Å². The minimum atomic E-state index is -1.57. The first-order chi connectivity index (χ1) is 6.83. The summed E-state index contributed by atoms with van der Waals surface area (Å²) in [5, 5.41) is 0.295. The van der Waals surface area contributed by atoms with Crippen molar-refractivity contribution in [2.45, 2.75) is 45.3 Å². The first-order valence-electron chi connectivity index (χ1n) is 5.48. The summed E-state index contributed by atoms with van der Waals surface area (Å²) in [6, 6.07) is 2.00. The summed E-state index contributed by atoms with van der Waals surface area (Å²) >= 11 is 0. The monoisotopic (exact) mass is 226 g/mol. The molecule has 0 aliphatic carbocycles. The summed E-state index contributed by atoms with van der Waals surface area (Å²) in [7, 11) is -1.57. The Morgan fingerprint density at radius 3 is 2.47 bits per heavy atom. The third kappa shape index (κ3) is 3.50. The highest BCUT2D eigenvalue weighted by atomic mass is 28.4. The van der Waals surface area contributed by atoms with Gasteiger partial charge in [0.05, 0.1) is 12.5 Å². The lowest BCUT2D eigenvalue weighted by atomic mass is 10.2. The van der Waals surface area contributed by atoms with Crippen LogP contribution in [0.4, 0.5) is 0 Å². The quantitative estimate of drug-likeness (QED) is 0.728. The van der Waals surface area contributed by atoms with E-state index in [1.54, 1.807) is 12.5 Å². The molecule has 0 saturated heterocycles. The molecule has 1 aromatic rings. The van der Waals surface area contributed by atoms with Gasteiger partial charge in [0, 0.05) is 6.61 Å². The molecule has 86 valence electrons. The van der Waals surface area contributed by atoms with Crippen LogP contribution in [0.2, 0.25) is 18.1 Å². The maximum absolute atomic E-state index is 6.06. The van der Waals surface area contributed by atoms with E-state index in [1.807, 2.05) is 6.07 Å². The molecule has 0 fully saturated rings. The Bertz CT molecular complexity index is 283. The zero-order valence-corrected chi connectivity index (χ0v) is 11.5. The molecule has 0 aliphatic rings. The molecule has 0 aliphatic heterocycles. The van der Waals surface area contributed by atoms with Crippen molar-refractivity contribution < 1.29 is 8.84 Å². The Morgan fingerprint density at radius 2 is 2.00 bits per heavy atom. The maximum atomic E-state index is 6.06. The van der Waals surface area contributed by atoms with E-state index < -0.39 is 8.32 Å². The van der Waals surface area contributed by atoms with Crippen molar-refractivity contribution in [3.05, 3.63) is 24.2 Å². The van der Waals surface area contributed by atoms with Crippen molar-refractivity contribution in [2.24, 2.45) is 0 Å². The van der Waals surface area contributed by atoms with Crippen LogP contribution in [0.1, 0.15) is 26.3 Å². The molecule has 0 atom stereocenters. The van der Waals surface area contributed by atoms with Gasteiger partial charge in [-0.25, -0.2) is 0 Å². The summed E-state index contributed by atoms with van der Waals surface area (Å²) in [6.07, 6.45) is 4.44. The van der Waals surface area contributed by atoms with Crippen LogP contribution >= 0.6 is 0 Å². The van der Waals surface area contributed by atoms with E-state index in [0.717, 1.165) is 13.0 Å². The van der Waals surface area contributed by atoms with Gasteiger partial charge in [-0.2, -0.15) is 0 Å². The van der Waals surface area contributed by atoms with Crippen molar-refractivity contribution in [3.63, 3.8) is 0 Å². The van der Waals surface area contributed by atoms with Gasteiger partial charge in [0.15, 0.2) is 8.32 Å². The third-order valence-electron chi connectivity index (χ3n) is 3.24. The molecule has 0 radical (unpaired) electrons. The molecule has 1 rings (SSSR count). The van der Waals surface area contributed by atoms with Crippen molar-refractivity contribution >= 4 is 8.32 Å². The van der Waals surface area contributed by atoms with Crippen LogP contribution in [0.3, 0.4) is 0 Å². The molecule has 2 nitrogen and oxygen atoms in total. The largest absolute Gasteiger partial charge is 0.472 e. The van der Waals surface area contributed by atoms with Crippen LogP contribution < -0.4 is 0 Å². The lowest BCUT2D eigenvalue weighted by Gasteiger charge is -2.36. The number of hydrogen-bond donors (Lipinski definition) is 0. The van der Waals surface area contributed by atoms with E-state index in [9.17, 15) is 0 Å². The van der Waals surface area contributed by atoms with Crippen LogP contribution in [0.15, 0.2) is 23.0 Å². The van der Waals surface area contributed by atoms with E-state index >= 15 is 0 Å². The molecule has 1 heterocycles. The zero-order chi connectivity index (χ0) is 11.5. The summed E-state index contributed by atoms with van der Waals surface area (Å²) in [5.74, 6) is 0. The first kappa shape index (κ1) is 12.5. The topological polar surface area (TPSA) is 22.4 Å². The van der Waals surface area contributed by atoms with Crippen LogP contribution in [0, 0.1) is 0 Å². The summed E-state index contributed by atoms with van der Waals surface area (Å²) in [6.45, 7) is 12.1. The minimum Gasteiger partial charge on any atom is -0.472 e. The molecule has 0 amide bonds. The second-order valence-corrected chi connectivity index (χ2v) is 10.3. The molecule has 3 heteroatoms. The number of rotatable bonds is 4. The predicted molar refractivity (Wildman–Crippen MR) is 65.6 cm³/mol. The Kier molecular flexibility index (Phi) is 3.79. The van der Waals surface area contributed by atoms with Crippen LogP contribution in [-0.2, 0) is 10.8 Å². The van der Waals surface area contributed by atoms with Gasteiger partial charge in [0.2, 0.25) is 0 Å².